The quantitative estimate of drug-likeness (QED) is 0.580. The van der Waals surface area contributed by atoms with Gasteiger partial charge in [0.2, 0.25) is 0 Å². The first-order valence-corrected chi connectivity index (χ1v) is 9.78. The van der Waals surface area contributed by atoms with E-state index in [0.29, 0.717) is 28.9 Å². The zero-order valence-corrected chi connectivity index (χ0v) is 16.9. The van der Waals surface area contributed by atoms with Crippen LogP contribution in [0.2, 0.25) is 0 Å². The van der Waals surface area contributed by atoms with Crippen LogP contribution in [0.4, 0.5) is 11.4 Å². The maximum absolute atomic E-state index is 6.28. The van der Waals surface area contributed by atoms with E-state index < -0.39 is 0 Å². The lowest BCUT2D eigenvalue weighted by molar-refractivity contribution is 0.0854. The van der Waals surface area contributed by atoms with Crippen molar-refractivity contribution < 1.29 is 9.47 Å². The molecule has 0 fully saturated rings. The molecule has 0 spiro atoms. The van der Waals surface area contributed by atoms with Gasteiger partial charge in [-0.05, 0) is 64.0 Å². The summed E-state index contributed by atoms with van der Waals surface area (Å²) in [7, 11) is 0. The number of nitrogens with two attached hydrogens (primary N) is 2. The summed E-state index contributed by atoms with van der Waals surface area (Å²) in [5.74, 6) is 2.02. The third-order valence-corrected chi connectivity index (χ3v) is 4.73. The van der Waals surface area contributed by atoms with E-state index in [2.05, 4.69) is 32.6 Å². The Kier molecular flexibility index (Phi) is 7.80. The van der Waals surface area contributed by atoms with E-state index in [1.807, 2.05) is 24.3 Å². The third-order valence-electron chi connectivity index (χ3n) is 4.73. The van der Waals surface area contributed by atoms with Crippen molar-refractivity contribution in [2.45, 2.75) is 52.7 Å². The van der Waals surface area contributed by atoms with Crippen molar-refractivity contribution in [3.8, 4) is 17.2 Å². The monoisotopic (exact) mass is 371 g/mol. The van der Waals surface area contributed by atoms with E-state index in [0.717, 1.165) is 31.7 Å². The van der Waals surface area contributed by atoms with Gasteiger partial charge in [0, 0.05) is 12.1 Å². The molecule has 2 rings (SSSR count). The molecule has 0 aliphatic heterocycles. The summed E-state index contributed by atoms with van der Waals surface area (Å²) >= 11 is 0. The molecule has 2 aromatic rings. The van der Waals surface area contributed by atoms with Crippen molar-refractivity contribution in [1.29, 1.82) is 0 Å². The second-order valence-electron chi connectivity index (χ2n) is 6.94. The van der Waals surface area contributed by atoms with Gasteiger partial charge in [-0.25, -0.2) is 0 Å². The smallest absolute Gasteiger partial charge is 0.169 e. The number of anilines is 2. The Bertz CT molecular complexity index is 714. The number of hydrogen-bond donors (Lipinski definition) is 2. The minimum Gasteiger partial charge on any atom is -0.485 e. The average Bonchev–Trinajstić information content (AvgIpc) is 2.65. The topological polar surface area (TPSA) is 73.7 Å². The molecule has 0 radical (unpaired) electrons. The second-order valence-corrected chi connectivity index (χ2v) is 6.94. The summed E-state index contributed by atoms with van der Waals surface area (Å²) in [6, 6.07) is 13.3. The summed E-state index contributed by atoms with van der Waals surface area (Å²) in [6.45, 7) is 10.9. The number of nitrogens with zero attached hydrogens (tertiary/aromatic N) is 1. The maximum Gasteiger partial charge on any atom is 0.169 e. The normalized spacial score (nSPS) is 13.4. The molecule has 0 saturated carbocycles. The molecule has 0 aliphatic carbocycles. The Morgan fingerprint density at radius 1 is 0.889 bits per heavy atom. The molecular weight excluding hydrogens is 338 g/mol. The first-order chi connectivity index (χ1) is 13.0. The maximum atomic E-state index is 6.28. The largest absolute Gasteiger partial charge is 0.485 e. The van der Waals surface area contributed by atoms with Crippen LogP contribution in [-0.2, 0) is 0 Å². The lowest BCUT2D eigenvalue weighted by Crippen LogP contribution is -2.43. The minimum atomic E-state index is 0.0318. The van der Waals surface area contributed by atoms with Crippen molar-refractivity contribution in [3.05, 3.63) is 42.5 Å². The second kappa shape index (κ2) is 10.1. The van der Waals surface area contributed by atoms with Crippen LogP contribution in [0, 0.1) is 0 Å². The fraction of sp³-hybridized carbons (Fsp3) is 0.455. The van der Waals surface area contributed by atoms with Crippen molar-refractivity contribution in [2.75, 3.05) is 24.6 Å². The number of hydrogen-bond acceptors (Lipinski definition) is 5. The van der Waals surface area contributed by atoms with Crippen LogP contribution in [0.1, 0.15) is 40.5 Å². The molecule has 0 aromatic heterocycles. The summed E-state index contributed by atoms with van der Waals surface area (Å²) in [6.07, 6.45) is 2.30. The predicted molar refractivity (Wildman–Crippen MR) is 113 cm³/mol. The number of nitrogen functional groups attached to an aromatic ring is 2. The molecular formula is C22H33N3O2. The Hall–Kier alpha value is -2.40. The van der Waals surface area contributed by atoms with Gasteiger partial charge < -0.3 is 20.9 Å². The third kappa shape index (κ3) is 5.79. The van der Waals surface area contributed by atoms with E-state index in [1.54, 1.807) is 18.2 Å². The van der Waals surface area contributed by atoms with Gasteiger partial charge >= 0.3 is 0 Å². The Morgan fingerprint density at radius 2 is 1.52 bits per heavy atom. The van der Waals surface area contributed by atoms with Crippen LogP contribution in [-0.4, -0.2) is 30.1 Å². The summed E-state index contributed by atoms with van der Waals surface area (Å²) < 4.78 is 12.3. The fourth-order valence-corrected chi connectivity index (χ4v) is 3.06. The molecule has 5 nitrogen and oxygen atoms in total. The van der Waals surface area contributed by atoms with Gasteiger partial charge in [0.05, 0.1) is 11.4 Å². The average molecular weight is 372 g/mol. The van der Waals surface area contributed by atoms with Gasteiger partial charge in [-0.3, -0.25) is 4.90 Å². The lowest BCUT2D eigenvalue weighted by atomic mass is 10.1. The molecule has 5 heteroatoms. The SMILES string of the molecule is CCCN(CCC)C(C)C(C)Oc1ccccc1Oc1ccc(N)c(N)c1. The highest BCUT2D eigenvalue weighted by Gasteiger charge is 2.21. The van der Waals surface area contributed by atoms with Crippen LogP contribution < -0.4 is 20.9 Å². The van der Waals surface area contributed by atoms with Gasteiger partial charge in [0.1, 0.15) is 11.9 Å². The molecule has 148 valence electrons. The summed E-state index contributed by atoms with van der Waals surface area (Å²) in [5, 5.41) is 0. The summed E-state index contributed by atoms with van der Waals surface area (Å²) in [4.78, 5) is 2.48. The molecule has 0 bridgehead atoms. The van der Waals surface area contributed by atoms with E-state index in [4.69, 9.17) is 20.9 Å². The predicted octanol–water partition coefficient (Wildman–Crippen LogP) is 4.92. The molecule has 0 heterocycles. The van der Waals surface area contributed by atoms with E-state index >= 15 is 0 Å². The highest BCUT2D eigenvalue weighted by molar-refractivity contribution is 5.65. The number of rotatable bonds is 10. The van der Waals surface area contributed by atoms with Gasteiger partial charge in [-0.15, -0.1) is 0 Å². The van der Waals surface area contributed by atoms with Crippen LogP contribution >= 0.6 is 0 Å². The van der Waals surface area contributed by atoms with Crippen molar-refractivity contribution in [1.82, 2.24) is 4.90 Å². The number of benzene rings is 2. The molecule has 4 N–H and O–H groups in total. The van der Waals surface area contributed by atoms with E-state index in [-0.39, 0.29) is 6.10 Å². The number of para-hydroxylation sites is 2. The van der Waals surface area contributed by atoms with E-state index in [9.17, 15) is 0 Å². The first kappa shape index (κ1) is 20.9. The first-order valence-electron chi connectivity index (χ1n) is 9.78. The van der Waals surface area contributed by atoms with Crippen molar-refractivity contribution in [2.24, 2.45) is 0 Å². The summed E-state index contributed by atoms with van der Waals surface area (Å²) in [5.41, 5.74) is 12.7. The minimum absolute atomic E-state index is 0.0318. The molecule has 0 saturated heterocycles. The fourth-order valence-electron chi connectivity index (χ4n) is 3.06. The van der Waals surface area contributed by atoms with Crippen molar-refractivity contribution >= 4 is 11.4 Å². The highest BCUT2D eigenvalue weighted by atomic mass is 16.5. The van der Waals surface area contributed by atoms with Crippen LogP contribution in [0.3, 0.4) is 0 Å². The van der Waals surface area contributed by atoms with Crippen molar-refractivity contribution in [3.63, 3.8) is 0 Å². The van der Waals surface area contributed by atoms with Crippen LogP contribution in [0.15, 0.2) is 42.5 Å². The van der Waals surface area contributed by atoms with Gasteiger partial charge in [-0.2, -0.15) is 0 Å². The lowest BCUT2D eigenvalue weighted by Gasteiger charge is -2.33. The Morgan fingerprint density at radius 3 is 2.11 bits per heavy atom. The highest BCUT2D eigenvalue weighted by Crippen LogP contribution is 2.34. The molecule has 0 aliphatic rings. The van der Waals surface area contributed by atoms with Gasteiger partial charge in [0.25, 0.3) is 0 Å². The molecule has 0 amide bonds. The Balaban J connectivity index is 2.13. The number of ether oxygens (including phenoxy) is 2. The van der Waals surface area contributed by atoms with Crippen LogP contribution in [0.25, 0.3) is 0 Å². The zero-order valence-electron chi connectivity index (χ0n) is 16.9. The molecule has 2 unspecified atom stereocenters. The molecule has 27 heavy (non-hydrogen) atoms. The standard InChI is InChI=1S/C22H33N3O2/c1-5-13-25(14-6-2)16(3)17(4)26-21-9-7-8-10-22(21)27-18-11-12-19(23)20(24)15-18/h7-12,15-17H,5-6,13-14,23-24H2,1-4H3. The molecule has 2 atom stereocenters. The van der Waals surface area contributed by atoms with Gasteiger partial charge in [-0.1, -0.05) is 26.0 Å². The van der Waals surface area contributed by atoms with E-state index in [1.165, 1.54) is 0 Å². The molecule has 2 aromatic carbocycles. The zero-order chi connectivity index (χ0) is 19.8. The van der Waals surface area contributed by atoms with Gasteiger partial charge in [0.15, 0.2) is 11.5 Å². The van der Waals surface area contributed by atoms with Crippen LogP contribution in [0.5, 0.6) is 17.2 Å². The Labute approximate surface area is 163 Å².